The average Bonchev–Trinajstić information content (AvgIpc) is 3.83. The monoisotopic (exact) mass is 744 g/mol. The summed E-state index contributed by atoms with van der Waals surface area (Å²) < 4.78 is 5.08. The third kappa shape index (κ3) is 5.55. The Hall–Kier alpha value is -7.20. The number of hydrogen-bond acceptors (Lipinski definition) is 2. The molecular weight excluding hydrogens is 709 g/mol. The van der Waals surface area contributed by atoms with Crippen LogP contribution in [0.1, 0.15) is 0 Å². The van der Waals surface area contributed by atoms with Crippen LogP contribution in [0.5, 0.6) is 0 Å². The lowest BCUT2D eigenvalue weighted by atomic mass is 9.93. The maximum Gasteiger partial charge on any atom is 0.0562 e. The van der Waals surface area contributed by atoms with Crippen LogP contribution in [0.4, 0.5) is 17.1 Å². The Morgan fingerprint density at radius 3 is 1.72 bits per heavy atom. The Morgan fingerprint density at radius 2 is 0.930 bits per heavy atom. The predicted molar refractivity (Wildman–Crippen MR) is 245 cm³/mol. The molecule has 0 amide bonds. The molecule has 0 N–H and O–H groups in total. The van der Waals surface area contributed by atoms with Gasteiger partial charge in [-0.05, 0) is 76.9 Å². The van der Waals surface area contributed by atoms with Crippen molar-refractivity contribution in [1.29, 1.82) is 0 Å². The minimum Gasteiger partial charge on any atom is -0.309 e. The molecule has 268 valence electrons. The lowest BCUT2D eigenvalue weighted by Gasteiger charge is -2.29. The number of thiophene rings is 1. The zero-order valence-electron chi connectivity index (χ0n) is 31.1. The smallest absolute Gasteiger partial charge is 0.0562 e. The van der Waals surface area contributed by atoms with Crippen molar-refractivity contribution in [3.05, 3.63) is 218 Å². The molecule has 57 heavy (non-hydrogen) atoms. The molecule has 0 radical (unpaired) electrons. The van der Waals surface area contributed by atoms with Crippen molar-refractivity contribution in [2.45, 2.75) is 0 Å². The van der Waals surface area contributed by atoms with Crippen LogP contribution in [-0.2, 0) is 0 Å². The van der Waals surface area contributed by atoms with E-state index in [4.69, 9.17) is 0 Å². The molecule has 0 spiro atoms. The van der Waals surface area contributed by atoms with E-state index in [9.17, 15) is 0 Å². The van der Waals surface area contributed by atoms with Crippen LogP contribution in [-0.4, -0.2) is 4.57 Å². The van der Waals surface area contributed by atoms with E-state index in [1.54, 1.807) is 0 Å². The van der Waals surface area contributed by atoms with Crippen molar-refractivity contribution in [2.24, 2.45) is 0 Å². The summed E-state index contributed by atoms with van der Waals surface area (Å²) in [5.41, 5.74) is 14.0. The number of benzene rings is 9. The number of para-hydroxylation sites is 2. The second-order valence-corrected chi connectivity index (χ2v) is 15.5. The largest absolute Gasteiger partial charge is 0.309 e. The molecule has 11 aromatic rings. The summed E-state index contributed by atoms with van der Waals surface area (Å²) in [4.78, 5) is 2.49. The quantitative estimate of drug-likeness (QED) is 0.158. The van der Waals surface area contributed by atoms with Gasteiger partial charge < -0.3 is 9.47 Å². The molecule has 3 heteroatoms. The lowest BCUT2D eigenvalue weighted by Crippen LogP contribution is -2.11. The maximum atomic E-state index is 2.49. The third-order valence-electron chi connectivity index (χ3n) is 11.2. The highest BCUT2D eigenvalue weighted by Gasteiger charge is 2.25. The molecule has 0 saturated heterocycles. The van der Waals surface area contributed by atoms with Crippen LogP contribution in [0.2, 0.25) is 0 Å². The standard InChI is InChI=1S/C54H36N2S/c1-4-18-37(19-5-1)41-24-10-13-28-46(41)55(40-34-35-52-45(36-40)43-25-12-15-33-51(43)57-52)49-31-17-32-50-54(49)44-26-11-14-29-47(44)56(50)48-30-16-27-42(38-20-6-2-7-21-38)53(48)39-22-8-3-9-23-39/h1-36H. The summed E-state index contributed by atoms with van der Waals surface area (Å²) in [7, 11) is 0. The van der Waals surface area contributed by atoms with Crippen molar-refractivity contribution in [3.8, 4) is 39.1 Å². The van der Waals surface area contributed by atoms with Crippen LogP contribution in [0.15, 0.2) is 218 Å². The molecule has 0 bridgehead atoms. The first-order valence-electron chi connectivity index (χ1n) is 19.4. The summed E-state index contributed by atoms with van der Waals surface area (Å²) in [6, 6.07) is 79.4. The number of fused-ring (bicyclic) bond motifs is 6. The first-order chi connectivity index (χ1) is 28.3. The number of rotatable bonds is 7. The fraction of sp³-hybridized carbons (Fsp3) is 0. The molecule has 0 saturated carbocycles. The van der Waals surface area contributed by atoms with Crippen molar-refractivity contribution in [3.63, 3.8) is 0 Å². The molecule has 0 atom stereocenters. The van der Waals surface area contributed by atoms with Gasteiger partial charge in [0.1, 0.15) is 0 Å². The normalized spacial score (nSPS) is 11.5. The van der Waals surface area contributed by atoms with Crippen molar-refractivity contribution in [1.82, 2.24) is 4.57 Å². The van der Waals surface area contributed by atoms with Gasteiger partial charge in [0.2, 0.25) is 0 Å². The summed E-state index contributed by atoms with van der Waals surface area (Å²) in [6.45, 7) is 0. The Bertz CT molecular complexity index is 3230. The number of aromatic nitrogens is 1. The lowest BCUT2D eigenvalue weighted by molar-refractivity contribution is 1.18. The molecule has 9 aromatic carbocycles. The third-order valence-corrected chi connectivity index (χ3v) is 12.3. The van der Waals surface area contributed by atoms with E-state index in [0.717, 1.165) is 33.8 Å². The second-order valence-electron chi connectivity index (χ2n) is 14.5. The Labute approximate surface area is 335 Å². The van der Waals surface area contributed by atoms with E-state index >= 15 is 0 Å². The van der Waals surface area contributed by atoms with Crippen LogP contribution in [0, 0.1) is 0 Å². The van der Waals surface area contributed by atoms with E-state index in [2.05, 4.69) is 228 Å². The second kappa shape index (κ2) is 13.8. The minimum absolute atomic E-state index is 1.12. The van der Waals surface area contributed by atoms with Gasteiger partial charge in [0.05, 0.1) is 28.1 Å². The maximum absolute atomic E-state index is 2.49. The highest BCUT2D eigenvalue weighted by atomic mass is 32.1. The van der Waals surface area contributed by atoms with Gasteiger partial charge in [-0.1, -0.05) is 164 Å². The highest BCUT2D eigenvalue weighted by Crippen LogP contribution is 2.49. The van der Waals surface area contributed by atoms with E-state index < -0.39 is 0 Å². The zero-order valence-corrected chi connectivity index (χ0v) is 31.9. The number of anilines is 3. The molecule has 0 aliphatic heterocycles. The van der Waals surface area contributed by atoms with E-state index in [0.29, 0.717) is 0 Å². The Kier molecular flexibility index (Phi) is 8.04. The summed E-state index contributed by atoms with van der Waals surface area (Å²) in [6.07, 6.45) is 0. The van der Waals surface area contributed by atoms with Crippen LogP contribution in [0.25, 0.3) is 81.0 Å². The average molecular weight is 745 g/mol. The number of nitrogens with zero attached hydrogens (tertiary/aromatic N) is 2. The topological polar surface area (TPSA) is 8.17 Å². The molecule has 2 aromatic heterocycles. The summed E-state index contributed by atoms with van der Waals surface area (Å²) >= 11 is 1.86. The van der Waals surface area contributed by atoms with E-state index in [1.807, 2.05) is 11.3 Å². The first-order valence-corrected chi connectivity index (χ1v) is 20.3. The summed E-state index contributed by atoms with van der Waals surface area (Å²) in [5, 5.41) is 4.97. The van der Waals surface area contributed by atoms with Crippen molar-refractivity contribution in [2.75, 3.05) is 4.90 Å². The fourth-order valence-electron chi connectivity index (χ4n) is 8.73. The molecular formula is C54H36N2S. The Balaban J connectivity index is 1.23. The van der Waals surface area contributed by atoms with Gasteiger partial charge in [0.25, 0.3) is 0 Å². The van der Waals surface area contributed by atoms with Gasteiger partial charge in [-0.15, -0.1) is 11.3 Å². The minimum atomic E-state index is 1.12. The Morgan fingerprint density at radius 1 is 0.368 bits per heavy atom. The van der Waals surface area contributed by atoms with Crippen LogP contribution >= 0.6 is 11.3 Å². The van der Waals surface area contributed by atoms with Gasteiger partial charge in [0, 0.05) is 47.8 Å². The molecule has 2 heterocycles. The highest BCUT2D eigenvalue weighted by molar-refractivity contribution is 7.25. The van der Waals surface area contributed by atoms with Crippen molar-refractivity contribution < 1.29 is 0 Å². The predicted octanol–water partition coefficient (Wildman–Crippen LogP) is 15.6. The van der Waals surface area contributed by atoms with Gasteiger partial charge >= 0.3 is 0 Å². The molecule has 11 rings (SSSR count). The molecule has 0 aliphatic rings. The molecule has 0 fully saturated rings. The molecule has 0 unspecified atom stereocenters. The molecule has 0 aliphatic carbocycles. The van der Waals surface area contributed by atoms with E-state index in [-0.39, 0.29) is 0 Å². The van der Waals surface area contributed by atoms with E-state index in [1.165, 1.54) is 64.3 Å². The number of hydrogen-bond donors (Lipinski definition) is 0. The fourth-order valence-corrected chi connectivity index (χ4v) is 9.82. The summed E-state index contributed by atoms with van der Waals surface area (Å²) in [5.74, 6) is 0. The van der Waals surface area contributed by atoms with Gasteiger partial charge in [-0.25, -0.2) is 0 Å². The van der Waals surface area contributed by atoms with Crippen LogP contribution in [0.3, 0.4) is 0 Å². The van der Waals surface area contributed by atoms with Crippen molar-refractivity contribution >= 4 is 70.4 Å². The first kappa shape index (κ1) is 33.2. The van der Waals surface area contributed by atoms with Crippen LogP contribution < -0.4 is 4.90 Å². The molecule has 2 nitrogen and oxygen atoms in total. The van der Waals surface area contributed by atoms with Gasteiger partial charge in [0.15, 0.2) is 0 Å². The zero-order chi connectivity index (χ0) is 37.7. The SMILES string of the molecule is c1ccc(-c2ccccc2N(c2ccc3sc4ccccc4c3c2)c2cccc3c2c2ccccc2n3-c2cccc(-c3ccccc3)c2-c2ccccc2)cc1. The van der Waals surface area contributed by atoms with Gasteiger partial charge in [-0.3, -0.25) is 0 Å². The van der Waals surface area contributed by atoms with Gasteiger partial charge in [-0.2, -0.15) is 0 Å².